The molecule has 1 fully saturated rings. The van der Waals surface area contributed by atoms with E-state index in [1.807, 2.05) is 0 Å². The zero-order valence-electron chi connectivity index (χ0n) is 10.1. The monoisotopic (exact) mass is 272 g/mol. The third-order valence-corrected chi connectivity index (χ3v) is 2.71. The van der Waals surface area contributed by atoms with Crippen molar-refractivity contribution in [3.63, 3.8) is 0 Å². The number of hydrogen-bond acceptors (Lipinski definition) is 4. The zero-order chi connectivity index (χ0) is 13.8. The first-order valence-electron chi connectivity index (χ1n) is 5.80. The predicted molar refractivity (Wildman–Crippen MR) is 63.7 cm³/mol. The Morgan fingerprint density at radius 1 is 1.37 bits per heavy atom. The SMILES string of the molecule is Nc1cc(C(=O)NCC2COCCO2)c(F)cc1F. The van der Waals surface area contributed by atoms with Crippen LogP contribution >= 0.6 is 0 Å². The summed E-state index contributed by atoms with van der Waals surface area (Å²) in [6.45, 7) is 1.54. The molecule has 1 saturated heterocycles. The summed E-state index contributed by atoms with van der Waals surface area (Å²) < 4.78 is 36.9. The molecular weight excluding hydrogens is 258 g/mol. The van der Waals surface area contributed by atoms with Crippen molar-refractivity contribution in [3.05, 3.63) is 29.3 Å². The van der Waals surface area contributed by atoms with E-state index in [2.05, 4.69) is 5.32 Å². The summed E-state index contributed by atoms with van der Waals surface area (Å²) in [5.74, 6) is -2.51. The minimum atomic E-state index is -0.954. The van der Waals surface area contributed by atoms with Crippen LogP contribution in [0.2, 0.25) is 0 Å². The molecule has 1 amide bonds. The standard InChI is InChI=1S/C12H14F2N2O3/c13-9-4-10(14)11(15)3-8(9)12(17)16-5-7-6-18-1-2-19-7/h3-4,7H,1-2,5-6,15H2,(H,16,17). The fourth-order valence-corrected chi connectivity index (χ4v) is 1.70. The van der Waals surface area contributed by atoms with Crippen molar-refractivity contribution in [1.29, 1.82) is 0 Å². The first-order valence-corrected chi connectivity index (χ1v) is 5.80. The smallest absolute Gasteiger partial charge is 0.254 e. The van der Waals surface area contributed by atoms with Crippen molar-refractivity contribution in [2.75, 3.05) is 32.1 Å². The molecule has 1 aliphatic heterocycles. The van der Waals surface area contributed by atoms with E-state index in [0.717, 1.165) is 6.07 Å². The molecule has 104 valence electrons. The normalized spacial score (nSPS) is 19.2. The maximum atomic E-state index is 13.4. The summed E-state index contributed by atoms with van der Waals surface area (Å²) in [7, 11) is 0. The molecule has 0 aliphatic carbocycles. The van der Waals surface area contributed by atoms with Gasteiger partial charge in [0, 0.05) is 12.6 Å². The van der Waals surface area contributed by atoms with Crippen LogP contribution in [-0.4, -0.2) is 38.4 Å². The molecule has 1 heterocycles. The van der Waals surface area contributed by atoms with E-state index < -0.39 is 17.5 Å². The van der Waals surface area contributed by atoms with Crippen LogP contribution in [0.15, 0.2) is 12.1 Å². The molecular formula is C12H14F2N2O3. The molecule has 0 saturated carbocycles. The van der Waals surface area contributed by atoms with E-state index in [1.165, 1.54) is 0 Å². The number of hydrogen-bond donors (Lipinski definition) is 2. The van der Waals surface area contributed by atoms with Crippen LogP contribution in [0.3, 0.4) is 0 Å². The first kappa shape index (κ1) is 13.7. The number of carbonyl (C=O) groups excluding carboxylic acids is 1. The van der Waals surface area contributed by atoms with Gasteiger partial charge in [0.05, 0.1) is 37.2 Å². The maximum absolute atomic E-state index is 13.4. The Hall–Kier alpha value is -1.73. The van der Waals surface area contributed by atoms with Gasteiger partial charge in [0.1, 0.15) is 11.6 Å². The van der Waals surface area contributed by atoms with E-state index in [9.17, 15) is 13.6 Å². The highest BCUT2D eigenvalue weighted by Gasteiger charge is 2.18. The fraction of sp³-hybridized carbons (Fsp3) is 0.417. The van der Waals surface area contributed by atoms with Crippen molar-refractivity contribution in [2.45, 2.75) is 6.10 Å². The molecule has 1 aromatic rings. The van der Waals surface area contributed by atoms with Crippen LogP contribution in [0.4, 0.5) is 14.5 Å². The average Bonchev–Trinajstić information content (AvgIpc) is 2.41. The maximum Gasteiger partial charge on any atom is 0.254 e. The molecule has 2 rings (SSSR count). The Balaban J connectivity index is 1.97. The van der Waals surface area contributed by atoms with Gasteiger partial charge < -0.3 is 20.5 Å². The van der Waals surface area contributed by atoms with Gasteiger partial charge in [0.25, 0.3) is 5.91 Å². The minimum absolute atomic E-state index is 0.190. The lowest BCUT2D eigenvalue weighted by molar-refractivity contribution is -0.0855. The van der Waals surface area contributed by atoms with Gasteiger partial charge in [0.15, 0.2) is 0 Å². The number of halogens is 2. The second kappa shape index (κ2) is 5.94. The molecule has 0 spiro atoms. The summed E-state index contributed by atoms with van der Waals surface area (Å²) in [5.41, 5.74) is 4.73. The third kappa shape index (κ3) is 3.39. The third-order valence-electron chi connectivity index (χ3n) is 2.71. The number of ether oxygens (including phenoxy) is 2. The number of nitrogens with one attached hydrogen (secondary N) is 1. The summed E-state index contributed by atoms with van der Waals surface area (Å²) in [6.07, 6.45) is -0.265. The van der Waals surface area contributed by atoms with E-state index in [1.54, 1.807) is 0 Å². The van der Waals surface area contributed by atoms with E-state index in [-0.39, 0.29) is 23.9 Å². The summed E-state index contributed by atoms with van der Waals surface area (Å²) in [5, 5.41) is 2.49. The number of nitrogens with two attached hydrogens (primary N) is 1. The molecule has 3 N–H and O–H groups in total. The molecule has 1 atom stereocenters. The number of amides is 1. The lowest BCUT2D eigenvalue weighted by Gasteiger charge is -2.23. The van der Waals surface area contributed by atoms with Crippen LogP contribution in [0.5, 0.6) is 0 Å². The number of benzene rings is 1. The van der Waals surface area contributed by atoms with Gasteiger partial charge in [-0.3, -0.25) is 4.79 Å². The Morgan fingerprint density at radius 3 is 2.84 bits per heavy atom. The Bertz CT molecular complexity index is 476. The van der Waals surface area contributed by atoms with Gasteiger partial charge in [-0.1, -0.05) is 0 Å². The van der Waals surface area contributed by atoms with E-state index in [0.29, 0.717) is 25.9 Å². The van der Waals surface area contributed by atoms with Crippen LogP contribution < -0.4 is 11.1 Å². The van der Waals surface area contributed by atoms with Crippen molar-refractivity contribution in [3.8, 4) is 0 Å². The highest BCUT2D eigenvalue weighted by Crippen LogP contribution is 2.16. The quantitative estimate of drug-likeness (QED) is 0.794. The van der Waals surface area contributed by atoms with Gasteiger partial charge in [0.2, 0.25) is 0 Å². The molecule has 1 aromatic carbocycles. The molecule has 0 bridgehead atoms. The molecule has 5 nitrogen and oxygen atoms in total. The van der Waals surface area contributed by atoms with Crippen LogP contribution in [0.25, 0.3) is 0 Å². The van der Waals surface area contributed by atoms with E-state index >= 15 is 0 Å². The highest BCUT2D eigenvalue weighted by molar-refractivity contribution is 5.95. The number of nitrogen functional groups attached to an aromatic ring is 1. The highest BCUT2D eigenvalue weighted by atomic mass is 19.1. The van der Waals surface area contributed by atoms with Crippen LogP contribution in [-0.2, 0) is 9.47 Å². The number of rotatable bonds is 3. The van der Waals surface area contributed by atoms with Crippen molar-refractivity contribution >= 4 is 11.6 Å². The number of carbonyl (C=O) groups is 1. The zero-order valence-corrected chi connectivity index (χ0v) is 10.1. The molecule has 7 heteroatoms. The summed E-state index contributed by atoms with van der Waals surface area (Å²) in [4.78, 5) is 11.7. The lowest BCUT2D eigenvalue weighted by atomic mass is 10.1. The second-order valence-corrected chi connectivity index (χ2v) is 4.13. The van der Waals surface area contributed by atoms with Crippen molar-refractivity contribution in [1.82, 2.24) is 5.32 Å². The van der Waals surface area contributed by atoms with Gasteiger partial charge >= 0.3 is 0 Å². The molecule has 19 heavy (non-hydrogen) atoms. The predicted octanol–water partition coefficient (Wildman–Crippen LogP) is 0.692. The van der Waals surface area contributed by atoms with Crippen molar-refractivity contribution in [2.24, 2.45) is 0 Å². The molecule has 1 unspecified atom stereocenters. The van der Waals surface area contributed by atoms with Gasteiger partial charge in [-0.25, -0.2) is 8.78 Å². The minimum Gasteiger partial charge on any atom is -0.396 e. The van der Waals surface area contributed by atoms with Crippen molar-refractivity contribution < 1.29 is 23.0 Å². The topological polar surface area (TPSA) is 73.6 Å². The van der Waals surface area contributed by atoms with E-state index in [4.69, 9.17) is 15.2 Å². The fourth-order valence-electron chi connectivity index (χ4n) is 1.70. The average molecular weight is 272 g/mol. The Kier molecular flexibility index (Phi) is 4.28. The second-order valence-electron chi connectivity index (χ2n) is 4.13. The first-order chi connectivity index (χ1) is 9.08. The summed E-state index contributed by atoms with van der Waals surface area (Å²) >= 11 is 0. The van der Waals surface area contributed by atoms with Crippen LogP contribution in [0, 0.1) is 11.6 Å². The number of anilines is 1. The van der Waals surface area contributed by atoms with Gasteiger partial charge in [-0.15, -0.1) is 0 Å². The molecule has 0 radical (unpaired) electrons. The molecule has 0 aromatic heterocycles. The Morgan fingerprint density at radius 2 is 2.16 bits per heavy atom. The largest absolute Gasteiger partial charge is 0.396 e. The van der Waals surface area contributed by atoms with Gasteiger partial charge in [-0.2, -0.15) is 0 Å². The Labute approximate surface area is 108 Å². The van der Waals surface area contributed by atoms with Gasteiger partial charge in [-0.05, 0) is 6.07 Å². The molecule has 1 aliphatic rings. The lowest BCUT2D eigenvalue weighted by Crippen LogP contribution is -2.39. The summed E-state index contributed by atoms with van der Waals surface area (Å²) in [6, 6.07) is 1.56. The van der Waals surface area contributed by atoms with Crippen LogP contribution in [0.1, 0.15) is 10.4 Å².